The molecule has 0 radical (unpaired) electrons. The third-order valence-corrected chi connectivity index (χ3v) is 5.53. The van der Waals surface area contributed by atoms with Crippen molar-refractivity contribution in [3.8, 4) is 0 Å². The first-order valence-electron chi connectivity index (χ1n) is 9.55. The molecule has 1 saturated heterocycles. The standard InChI is InChI=1S/C20H30FN3O/c1-14-12-16(21)5-10-20(14)24-11-3-4-19(13-24)23-18-8-6-17(7-9-18)22-15(2)25/h5,10,12,17-19,23H,3-4,6-9,11,13H2,1-2H3,(H,22,25)/t17?,18?,19-/m0/s1. The van der Waals surface area contributed by atoms with Gasteiger partial charge in [0.05, 0.1) is 0 Å². The van der Waals surface area contributed by atoms with Crippen LogP contribution >= 0.6 is 0 Å². The number of halogens is 1. The van der Waals surface area contributed by atoms with E-state index in [0.717, 1.165) is 56.4 Å². The first-order chi connectivity index (χ1) is 12.0. The summed E-state index contributed by atoms with van der Waals surface area (Å²) in [6.07, 6.45) is 6.72. The molecule has 4 nitrogen and oxygen atoms in total. The molecule has 2 N–H and O–H groups in total. The van der Waals surface area contributed by atoms with Gasteiger partial charge in [-0.2, -0.15) is 0 Å². The van der Waals surface area contributed by atoms with Crippen LogP contribution in [0.2, 0.25) is 0 Å². The van der Waals surface area contributed by atoms with Gasteiger partial charge in [-0.15, -0.1) is 0 Å². The third-order valence-electron chi connectivity index (χ3n) is 5.53. The molecule has 1 amide bonds. The molecule has 0 aromatic heterocycles. The molecular formula is C20H30FN3O. The summed E-state index contributed by atoms with van der Waals surface area (Å²) in [7, 11) is 0. The number of nitrogens with zero attached hydrogens (tertiary/aromatic N) is 1. The lowest BCUT2D eigenvalue weighted by Gasteiger charge is -2.39. The minimum absolute atomic E-state index is 0.0778. The van der Waals surface area contributed by atoms with Crippen LogP contribution in [0.3, 0.4) is 0 Å². The number of carbonyl (C=O) groups excluding carboxylic acids is 1. The van der Waals surface area contributed by atoms with Crippen molar-refractivity contribution < 1.29 is 9.18 Å². The molecule has 5 heteroatoms. The monoisotopic (exact) mass is 347 g/mol. The molecule has 0 spiro atoms. The Balaban J connectivity index is 1.51. The van der Waals surface area contributed by atoms with Crippen molar-refractivity contribution in [1.82, 2.24) is 10.6 Å². The zero-order valence-corrected chi connectivity index (χ0v) is 15.4. The first-order valence-corrected chi connectivity index (χ1v) is 9.55. The molecule has 1 aromatic rings. The molecule has 1 aromatic carbocycles. The zero-order valence-electron chi connectivity index (χ0n) is 15.4. The van der Waals surface area contributed by atoms with Crippen LogP contribution in [0.5, 0.6) is 0 Å². The van der Waals surface area contributed by atoms with Gasteiger partial charge in [-0.05, 0) is 69.2 Å². The highest BCUT2D eigenvalue weighted by Gasteiger charge is 2.26. The van der Waals surface area contributed by atoms with Gasteiger partial charge in [0, 0.05) is 43.8 Å². The maximum absolute atomic E-state index is 13.4. The molecule has 3 rings (SSSR count). The lowest BCUT2D eigenvalue weighted by Crippen LogP contribution is -2.51. The molecule has 1 saturated carbocycles. The predicted molar refractivity (Wildman–Crippen MR) is 99.4 cm³/mol. The number of amides is 1. The Bertz CT molecular complexity index is 599. The molecule has 1 aliphatic heterocycles. The van der Waals surface area contributed by atoms with Gasteiger partial charge in [0.25, 0.3) is 0 Å². The van der Waals surface area contributed by atoms with Crippen LogP contribution in [0.1, 0.15) is 51.0 Å². The van der Waals surface area contributed by atoms with Crippen molar-refractivity contribution in [3.05, 3.63) is 29.6 Å². The number of nitrogens with one attached hydrogen (secondary N) is 2. The third kappa shape index (κ3) is 4.94. The number of piperidine rings is 1. The number of benzene rings is 1. The molecule has 1 aliphatic carbocycles. The van der Waals surface area contributed by atoms with E-state index < -0.39 is 0 Å². The van der Waals surface area contributed by atoms with E-state index in [1.807, 2.05) is 13.0 Å². The van der Waals surface area contributed by atoms with Crippen LogP contribution in [-0.4, -0.2) is 37.1 Å². The lowest BCUT2D eigenvalue weighted by atomic mass is 9.90. The number of carbonyl (C=O) groups is 1. The normalized spacial score (nSPS) is 27.2. The quantitative estimate of drug-likeness (QED) is 0.879. The maximum atomic E-state index is 13.4. The Hall–Kier alpha value is -1.62. The van der Waals surface area contributed by atoms with Crippen LogP contribution < -0.4 is 15.5 Å². The van der Waals surface area contributed by atoms with E-state index in [2.05, 4.69) is 15.5 Å². The van der Waals surface area contributed by atoms with Crippen LogP contribution in [0.25, 0.3) is 0 Å². The van der Waals surface area contributed by atoms with Gasteiger partial charge in [-0.25, -0.2) is 4.39 Å². The summed E-state index contributed by atoms with van der Waals surface area (Å²) in [5, 5.41) is 6.87. The van der Waals surface area contributed by atoms with Gasteiger partial charge >= 0.3 is 0 Å². The Morgan fingerprint density at radius 3 is 2.52 bits per heavy atom. The SMILES string of the molecule is CC(=O)NC1CCC(N[C@H]2CCCN(c3ccc(F)cc3C)C2)CC1. The van der Waals surface area contributed by atoms with Crippen molar-refractivity contribution in [2.75, 3.05) is 18.0 Å². The average molecular weight is 347 g/mol. The first kappa shape index (κ1) is 18.2. The van der Waals surface area contributed by atoms with Gasteiger partial charge in [0.1, 0.15) is 5.82 Å². The molecule has 2 aliphatic rings. The fraction of sp³-hybridized carbons (Fsp3) is 0.650. The summed E-state index contributed by atoms with van der Waals surface area (Å²) >= 11 is 0. The van der Waals surface area contributed by atoms with E-state index in [4.69, 9.17) is 0 Å². The highest BCUT2D eigenvalue weighted by molar-refractivity contribution is 5.73. The average Bonchev–Trinajstić information content (AvgIpc) is 2.56. The van der Waals surface area contributed by atoms with Crippen molar-refractivity contribution in [1.29, 1.82) is 0 Å². The minimum Gasteiger partial charge on any atom is -0.370 e. The predicted octanol–water partition coefficient (Wildman–Crippen LogP) is 3.14. The zero-order chi connectivity index (χ0) is 17.8. The van der Waals surface area contributed by atoms with E-state index in [1.54, 1.807) is 19.1 Å². The highest BCUT2D eigenvalue weighted by Crippen LogP contribution is 2.26. The molecular weight excluding hydrogens is 317 g/mol. The largest absolute Gasteiger partial charge is 0.370 e. The number of hydrogen-bond donors (Lipinski definition) is 2. The smallest absolute Gasteiger partial charge is 0.217 e. The van der Waals surface area contributed by atoms with Gasteiger partial charge in [-0.1, -0.05) is 0 Å². The fourth-order valence-corrected chi connectivity index (χ4v) is 4.33. The molecule has 1 atom stereocenters. The molecule has 1 heterocycles. The summed E-state index contributed by atoms with van der Waals surface area (Å²) in [6.45, 7) is 5.61. The van der Waals surface area contributed by atoms with E-state index in [1.165, 1.54) is 6.42 Å². The van der Waals surface area contributed by atoms with Crippen LogP contribution in [0.15, 0.2) is 18.2 Å². The lowest BCUT2D eigenvalue weighted by molar-refractivity contribution is -0.119. The van der Waals surface area contributed by atoms with Gasteiger partial charge in [0.15, 0.2) is 0 Å². The molecule has 0 bridgehead atoms. The minimum atomic E-state index is -0.163. The van der Waals surface area contributed by atoms with Gasteiger partial charge in [0.2, 0.25) is 5.91 Å². The number of anilines is 1. The van der Waals surface area contributed by atoms with Crippen molar-refractivity contribution >= 4 is 11.6 Å². The molecule has 0 unspecified atom stereocenters. The highest BCUT2D eigenvalue weighted by atomic mass is 19.1. The van der Waals surface area contributed by atoms with Crippen molar-refractivity contribution in [2.24, 2.45) is 0 Å². The molecule has 138 valence electrons. The maximum Gasteiger partial charge on any atom is 0.217 e. The van der Waals surface area contributed by atoms with Crippen LogP contribution in [-0.2, 0) is 4.79 Å². The number of hydrogen-bond acceptors (Lipinski definition) is 3. The van der Waals surface area contributed by atoms with E-state index in [-0.39, 0.29) is 11.7 Å². The van der Waals surface area contributed by atoms with E-state index >= 15 is 0 Å². The van der Waals surface area contributed by atoms with Crippen molar-refractivity contribution in [3.63, 3.8) is 0 Å². The van der Waals surface area contributed by atoms with Crippen LogP contribution in [0, 0.1) is 12.7 Å². The van der Waals surface area contributed by atoms with Crippen molar-refractivity contribution in [2.45, 2.75) is 70.5 Å². The summed E-state index contributed by atoms with van der Waals surface area (Å²) < 4.78 is 13.4. The number of aryl methyl sites for hydroxylation is 1. The summed E-state index contributed by atoms with van der Waals surface area (Å²) in [5.74, 6) is -0.0853. The van der Waals surface area contributed by atoms with Gasteiger partial charge in [-0.3, -0.25) is 4.79 Å². The molecule has 25 heavy (non-hydrogen) atoms. The Kier molecular flexibility index (Phi) is 5.94. The Morgan fingerprint density at radius 2 is 1.84 bits per heavy atom. The second-order valence-corrected chi connectivity index (χ2v) is 7.63. The molecule has 2 fully saturated rings. The van der Waals surface area contributed by atoms with E-state index in [0.29, 0.717) is 18.1 Å². The Labute approximate surface area is 150 Å². The summed E-state index contributed by atoms with van der Waals surface area (Å²) in [6, 6.07) is 6.47. The summed E-state index contributed by atoms with van der Waals surface area (Å²) in [5.41, 5.74) is 2.17. The van der Waals surface area contributed by atoms with Gasteiger partial charge < -0.3 is 15.5 Å². The number of rotatable bonds is 4. The Morgan fingerprint density at radius 1 is 1.12 bits per heavy atom. The van der Waals surface area contributed by atoms with Crippen LogP contribution in [0.4, 0.5) is 10.1 Å². The second-order valence-electron chi connectivity index (χ2n) is 7.63. The summed E-state index contributed by atoms with van der Waals surface area (Å²) in [4.78, 5) is 13.6. The fourth-order valence-electron chi connectivity index (χ4n) is 4.33. The van der Waals surface area contributed by atoms with E-state index in [9.17, 15) is 9.18 Å². The topological polar surface area (TPSA) is 44.4 Å². The second kappa shape index (κ2) is 8.17.